The number of fused-ring (bicyclic) bond motifs is 1. The predicted molar refractivity (Wildman–Crippen MR) is 117 cm³/mol. The maximum Gasteiger partial charge on any atom is 0.240 e. The van der Waals surface area contributed by atoms with E-state index in [0.717, 1.165) is 38.2 Å². The fraction of sp³-hybridized carbons (Fsp3) is 0.429. The van der Waals surface area contributed by atoms with E-state index in [0.29, 0.717) is 34.9 Å². The minimum Gasteiger partial charge on any atom is -0.486 e. The third kappa shape index (κ3) is 5.39. The summed E-state index contributed by atoms with van der Waals surface area (Å²) in [4.78, 5) is 2.58. The summed E-state index contributed by atoms with van der Waals surface area (Å²) in [6, 6.07) is 11.6. The maximum absolute atomic E-state index is 12.4. The molecule has 0 unspecified atom stereocenters. The Morgan fingerprint density at radius 3 is 2.43 bits per heavy atom. The van der Waals surface area contributed by atoms with E-state index >= 15 is 0 Å². The number of rotatable bonds is 6. The average Bonchev–Trinajstić information content (AvgIpc) is 2.73. The molecule has 2 aliphatic heterocycles. The zero-order chi connectivity index (χ0) is 21.1. The third-order valence-corrected chi connectivity index (χ3v) is 7.41. The predicted octanol–water partition coefficient (Wildman–Crippen LogP) is 3.82. The zero-order valence-electron chi connectivity index (χ0n) is 16.4. The molecule has 2 aromatic carbocycles. The van der Waals surface area contributed by atoms with Gasteiger partial charge in [0.25, 0.3) is 0 Å². The van der Waals surface area contributed by atoms with Gasteiger partial charge in [-0.25, -0.2) is 13.1 Å². The highest BCUT2D eigenvalue weighted by molar-refractivity contribution is 7.89. The largest absolute Gasteiger partial charge is 0.486 e. The topological polar surface area (TPSA) is 67.9 Å². The molecule has 1 fully saturated rings. The van der Waals surface area contributed by atoms with Gasteiger partial charge in [0.15, 0.2) is 11.5 Å². The van der Waals surface area contributed by atoms with Crippen LogP contribution in [0.3, 0.4) is 0 Å². The third-order valence-electron chi connectivity index (χ3n) is 5.48. The molecule has 1 N–H and O–H groups in total. The summed E-state index contributed by atoms with van der Waals surface area (Å²) in [5, 5.41) is 1.14. The van der Waals surface area contributed by atoms with Crippen LogP contribution < -0.4 is 14.2 Å². The smallest absolute Gasteiger partial charge is 0.240 e. The summed E-state index contributed by atoms with van der Waals surface area (Å²) in [5.41, 5.74) is 0. The van der Waals surface area contributed by atoms with Crippen LogP contribution in [-0.4, -0.2) is 52.2 Å². The molecule has 0 bridgehead atoms. The Bertz CT molecular complexity index is 977. The lowest BCUT2D eigenvalue weighted by Gasteiger charge is -2.35. The number of hydrogen-bond donors (Lipinski definition) is 1. The van der Waals surface area contributed by atoms with Crippen molar-refractivity contribution in [3.63, 3.8) is 0 Å². The van der Waals surface area contributed by atoms with Gasteiger partial charge >= 0.3 is 0 Å². The first kappa shape index (κ1) is 21.7. The van der Waals surface area contributed by atoms with E-state index in [9.17, 15) is 8.42 Å². The molecular weight excluding hydrogens is 447 g/mol. The van der Waals surface area contributed by atoms with Crippen molar-refractivity contribution >= 4 is 33.2 Å². The van der Waals surface area contributed by atoms with Gasteiger partial charge in [-0.05, 0) is 68.2 Å². The van der Waals surface area contributed by atoms with E-state index in [4.69, 9.17) is 32.7 Å². The Morgan fingerprint density at radius 1 is 1.00 bits per heavy atom. The molecule has 6 nitrogen and oxygen atoms in total. The number of likely N-dealkylation sites (tertiary alicyclic amines) is 1. The summed E-state index contributed by atoms with van der Waals surface area (Å²) in [7, 11) is -3.51. The number of nitrogens with zero attached hydrogens (tertiary/aromatic N) is 1. The molecule has 2 aliphatic rings. The normalized spacial score (nSPS) is 20.3. The lowest BCUT2D eigenvalue weighted by Crippen LogP contribution is -2.45. The van der Waals surface area contributed by atoms with Gasteiger partial charge in [0.2, 0.25) is 10.0 Å². The van der Waals surface area contributed by atoms with Crippen molar-refractivity contribution in [2.75, 3.05) is 32.8 Å². The Balaban J connectivity index is 1.23. The molecule has 30 heavy (non-hydrogen) atoms. The van der Waals surface area contributed by atoms with Crippen molar-refractivity contribution in [2.24, 2.45) is 5.92 Å². The van der Waals surface area contributed by atoms with Crippen LogP contribution in [0.2, 0.25) is 10.0 Å². The molecule has 4 rings (SSSR count). The number of benzene rings is 2. The zero-order valence-corrected chi connectivity index (χ0v) is 18.7. The Hall–Kier alpha value is -1.51. The molecule has 2 aromatic rings. The van der Waals surface area contributed by atoms with Crippen molar-refractivity contribution in [2.45, 2.75) is 23.8 Å². The molecule has 0 saturated carbocycles. The van der Waals surface area contributed by atoms with Crippen LogP contribution in [0.15, 0.2) is 47.4 Å². The van der Waals surface area contributed by atoms with Crippen molar-refractivity contribution in [3.8, 4) is 11.5 Å². The number of halogens is 2. The highest BCUT2D eigenvalue weighted by Crippen LogP contribution is 2.34. The summed E-state index contributed by atoms with van der Waals surface area (Å²) in [5.74, 6) is 1.72. The Morgan fingerprint density at radius 2 is 1.70 bits per heavy atom. The van der Waals surface area contributed by atoms with Gasteiger partial charge < -0.3 is 9.47 Å². The number of ether oxygens (including phenoxy) is 2. The van der Waals surface area contributed by atoms with E-state index < -0.39 is 10.0 Å². The Kier molecular flexibility index (Phi) is 6.75. The highest BCUT2D eigenvalue weighted by atomic mass is 35.5. The van der Waals surface area contributed by atoms with Gasteiger partial charge in [-0.2, -0.15) is 0 Å². The lowest BCUT2D eigenvalue weighted by atomic mass is 9.97. The SMILES string of the molecule is O=S(=O)(NCC1CCN(C[C@H]2COc3ccc(Cl)cc3O2)CC1)c1ccc(Cl)cc1. The van der Waals surface area contributed by atoms with Gasteiger partial charge in [0.05, 0.1) is 4.90 Å². The van der Waals surface area contributed by atoms with Crippen molar-refractivity contribution < 1.29 is 17.9 Å². The molecule has 2 heterocycles. The first-order valence-corrected chi connectivity index (χ1v) is 12.2. The second-order valence-corrected chi connectivity index (χ2v) is 10.3. The molecule has 1 atom stereocenters. The molecule has 9 heteroatoms. The van der Waals surface area contributed by atoms with Crippen LogP contribution in [0.1, 0.15) is 12.8 Å². The molecular formula is C21H24Cl2N2O4S. The fourth-order valence-electron chi connectivity index (χ4n) is 3.77. The molecule has 0 amide bonds. The number of piperidine rings is 1. The van der Waals surface area contributed by atoms with Crippen LogP contribution in [0.4, 0.5) is 0 Å². The molecule has 1 saturated heterocycles. The average molecular weight is 471 g/mol. The van der Waals surface area contributed by atoms with E-state index in [-0.39, 0.29) is 11.0 Å². The van der Waals surface area contributed by atoms with Crippen LogP contribution in [0.5, 0.6) is 11.5 Å². The standard InChI is InChI=1S/C21H24Cl2N2O4S/c22-16-1-4-19(5-2-16)30(26,27)24-12-15-7-9-25(10-8-15)13-18-14-28-20-6-3-17(23)11-21(20)29-18/h1-6,11,15,18,24H,7-10,12-14H2/t18-/m0/s1. The van der Waals surface area contributed by atoms with Crippen LogP contribution >= 0.6 is 23.2 Å². The first-order valence-electron chi connectivity index (χ1n) is 9.96. The van der Waals surface area contributed by atoms with Crippen LogP contribution in [0.25, 0.3) is 0 Å². The second kappa shape index (κ2) is 9.32. The number of sulfonamides is 1. The van der Waals surface area contributed by atoms with E-state index in [1.807, 2.05) is 6.07 Å². The summed E-state index contributed by atoms with van der Waals surface area (Å²) < 4.78 is 39.4. The molecule has 0 aromatic heterocycles. The fourth-order valence-corrected chi connectivity index (χ4v) is 5.17. The number of nitrogens with one attached hydrogen (secondary N) is 1. The second-order valence-electron chi connectivity index (χ2n) is 7.69. The van der Waals surface area contributed by atoms with Gasteiger partial charge in [0.1, 0.15) is 12.7 Å². The number of hydrogen-bond acceptors (Lipinski definition) is 5. The van der Waals surface area contributed by atoms with Crippen molar-refractivity contribution in [1.29, 1.82) is 0 Å². The first-order chi connectivity index (χ1) is 14.4. The quantitative estimate of drug-likeness (QED) is 0.694. The van der Waals surface area contributed by atoms with Crippen molar-refractivity contribution in [3.05, 3.63) is 52.5 Å². The van der Waals surface area contributed by atoms with Gasteiger partial charge in [-0.3, -0.25) is 4.90 Å². The minimum absolute atomic E-state index is 0.0454. The molecule has 162 valence electrons. The monoisotopic (exact) mass is 470 g/mol. The van der Waals surface area contributed by atoms with Gasteiger partial charge in [-0.15, -0.1) is 0 Å². The van der Waals surface area contributed by atoms with Gasteiger partial charge in [0, 0.05) is 29.2 Å². The lowest BCUT2D eigenvalue weighted by molar-refractivity contribution is 0.0481. The van der Waals surface area contributed by atoms with E-state index in [1.165, 1.54) is 12.1 Å². The molecule has 0 aliphatic carbocycles. The molecule has 0 radical (unpaired) electrons. The molecule has 0 spiro atoms. The van der Waals surface area contributed by atoms with E-state index in [2.05, 4.69) is 9.62 Å². The summed E-state index contributed by atoms with van der Waals surface area (Å²) in [6.45, 7) is 3.52. The van der Waals surface area contributed by atoms with Gasteiger partial charge in [-0.1, -0.05) is 23.2 Å². The maximum atomic E-state index is 12.4. The Labute approximate surface area is 187 Å². The van der Waals surface area contributed by atoms with Crippen molar-refractivity contribution in [1.82, 2.24) is 9.62 Å². The van der Waals surface area contributed by atoms with Crippen LogP contribution in [-0.2, 0) is 10.0 Å². The summed E-state index contributed by atoms with van der Waals surface area (Å²) in [6.07, 6.45) is 1.81. The van der Waals surface area contributed by atoms with Crippen LogP contribution in [0, 0.1) is 5.92 Å². The summed E-state index contributed by atoms with van der Waals surface area (Å²) >= 11 is 11.9. The minimum atomic E-state index is -3.51. The van der Waals surface area contributed by atoms with E-state index in [1.54, 1.807) is 24.3 Å². The highest BCUT2D eigenvalue weighted by Gasteiger charge is 2.27.